The van der Waals surface area contributed by atoms with E-state index in [0.717, 1.165) is 5.75 Å². The van der Waals surface area contributed by atoms with Crippen molar-refractivity contribution in [2.24, 2.45) is 0 Å². The zero-order valence-corrected chi connectivity index (χ0v) is 13.3. The maximum Gasteiger partial charge on any atom is 0.0664 e. The van der Waals surface area contributed by atoms with Crippen LogP contribution in [-0.2, 0) is 5.21 Å². The van der Waals surface area contributed by atoms with Gasteiger partial charge in [-0.05, 0) is 45.4 Å². The average Bonchev–Trinajstić information content (AvgIpc) is 2.51. The van der Waals surface area contributed by atoms with Crippen LogP contribution in [0.5, 0.6) is 0 Å². The molecule has 5 heteroatoms. The topological polar surface area (TPSA) is 36.0 Å². The van der Waals surface area contributed by atoms with Gasteiger partial charge >= 0.3 is 0 Å². The van der Waals surface area contributed by atoms with Gasteiger partial charge in [-0.2, -0.15) is 0 Å². The normalized spacial score (nSPS) is 21.4. The number of hydrogen-bond acceptors (Lipinski definition) is 4. The fourth-order valence-electron chi connectivity index (χ4n) is 2.29. The van der Waals surface area contributed by atoms with Gasteiger partial charge in [-0.15, -0.1) is 10.3 Å². The highest BCUT2D eigenvalue weighted by Crippen LogP contribution is 2.42. The summed E-state index contributed by atoms with van der Waals surface area (Å²) in [7, 11) is 3.49. The number of hydroxylamine groups is 2. The second kappa shape index (κ2) is 5.48. The van der Waals surface area contributed by atoms with Crippen molar-refractivity contribution in [3.05, 3.63) is 36.2 Å². The van der Waals surface area contributed by atoms with E-state index >= 15 is 0 Å². The predicted molar refractivity (Wildman–Crippen MR) is 81.3 cm³/mol. The van der Waals surface area contributed by atoms with Crippen molar-refractivity contribution in [2.45, 2.75) is 43.7 Å². The number of hydrogen-bond donors (Lipinski definition) is 0. The maximum atomic E-state index is 12.2. The summed E-state index contributed by atoms with van der Waals surface area (Å²) in [5.74, 6) is 0.863. The van der Waals surface area contributed by atoms with Crippen LogP contribution in [0.15, 0.2) is 41.1 Å². The van der Waals surface area contributed by atoms with Crippen LogP contribution in [-0.4, -0.2) is 26.9 Å². The molecular weight excluding hydrogens is 276 g/mol. The first-order valence-corrected chi connectivity index (χ1v) is 8.55. The summed E-state index contributed by atoms with van der Waals surface area (Å²) < 4.78 is 0. The van der Waals surface area contributed by atoms with Gasteiger partial charge in [0.1, 0.15) is 0 Å². The molecule has 0 aromatic carbocycles. The summed E-state index contributed by atoms with van der Waals surface area (Å²) in [5, 5.41) is 13.4. The van der Waals surface area contributed by atoms with Crippen LogP contribution in [0.1, 0.15) is 27.7 Å². The molecule has 0 aliphatic carbocycles. The second-order valence-corrected chi connectivity index (χ2v) is 8.07. The monoisotopic (exact) mass is 295 g/mol. The van der Waals surface area contributed by atoms with Crippen molar-refractivity contribution >= 4 is 21.6 Å². The fraction of sp³-hybridized carbons (Fsp3) is 0.500. The highest BCUT2D eigenvalue weighted by atomic mass is 33.1. The Hall–Kier alpha value is -0.490. The predicted octanol–water partition coefficient (Wildman–Crippen LogP) is 3.97. The van der Waals surface area contributed by atoms with Crippen molar-refractivity contribution in [3.63, 3.8) is 0 Å². The van der Waals surface area contributed by atoms with Crippen molar-refractivity contribution in [1.82, 2.24) is 10.0 Å². The summed E-state index contributed by atoms with van der Waals surface area (Å²) in [5.41, 5.74) is 0.398. The SMILES string of the molecule is CC1(C)C=C(CSSc2ccncc2)C(C)(C)N1[O]. The molecule has 0 N–H and O–H groups in total. The van der Waals surface area contributed by atoms with Crippen molar-refractivity contribution < 1.29 is 5.21 Å². The van der Waals surface area contributed by atoms with Crippen LogP contribution in [0.4, 0.5) is 0 Å². The Kier molecular flexibility index (Phi) is 4.30. The van der Waals surface area contributed by atoms with E-state index in [1.807, 2.05) is 39.8 Å². The Morgan fingerprint density at radius 2 is 1.84 bits per heavy atom. The summed E-state index contributed by atoms with van der Waals surface area (Å²) in [6, 6.07) is 3.99. The maximum absolute atomic E-state index is 12.2. The lowest BCUT2D eigenvalue weighted by molar-refractivity contribution is -0.238. The van der Waals surface area contributed by atoms with Gasteiger partial charge in [0, 0.05) is 23.0 Å². The Bertz CT molecular complexity index is 472. The molecule has 0 fully saturated rings. The standard InChI is InChI=1S/C14H19N2OS2/c1-13(2)9-11(14(3,4)16(13)17)10-18-19-12-5-7-15-8-6-12/h5-9H,10H2,1-4H3. The highest BCUT2D eigenvalue weighted by molar-refractivity contribution is 8.76. The first kappa shape index (κ1) is 14.9. The molecule has 103 valence electrons. The van der Waals surface area contributed by atoms with Crippen LogP contribution < -0.4 is 0 Å². The van der Waals surface area contributed by atoms with Gasteiger partial charge in [0.25, 0.3) is 0 Å². The van der Waals surface area contributed by atoms with Gasteiger partial charge in [-0.3, -0.25) is 4.98 Å². The molecule has 1 radical (unpaired) electrons. The molecule has 19 heavy (non-hydrogen) atoms. The fourth-order valence-corrected chi connectivity index (χ4v) is 4.58. The molecule has 0 unspecified atom stereocenters. The van der Waals surface area contributed by atoms with E-state index in [1.165, 1.54) is 15.5 Å². The summed E-state index contributed by atoms with van der Waals surface area (Å²) in [4.78, 5) is 5.19. The third-order valence-corrected chi connectivity index (χ3v) is 5.66. The zero-order valence-electron chi connectivity index (χ0n) is 11.7. The van der Waals surface area contributed by atoms with Crippen LogP contribution in [0, 0.1) is 0 Å². The first-order chi connectivity index (χ1) is 8.84. The number of nitrogens with zero attached hydrogens (tertiary/aromatic N) is 2. The van der Waals surface area contributed by atoms with E-state index in [-0.39, 0.29) is 0 Å². The molecule has 0 saturated carbocycles. The van der Waals surface area contributed by atoms with E-state index < -0.39 is 11.1 Å². The van der Waals surface area contributed by atoms with Crippen LogP contribution in [0.3, 0.4) is 0 Å². The van der Waals surface area contributed by atoms with Gasteiger partial charge in [-0.25, -0.2) is 0 Å². The van der Waals surface area contributed by atoms with E-state index in [2.05, 4.69) is 11.1 Å². The average molecular weight is 295 g/mol. The van der Waals surface area contributed by atoms with Crippen LogP contribution in [0.2, 0.25) is 0 Å². The minimum absolute atomic E-state index is 0.402. The molecule has 1 aliphatic rings. The van der Waals surface area contributed by atoms with Gasteiger partial charge in [0.2, 0.25) is 0 Å². The third kappa shape index (κ3) is 3.16. The molecule has 0 amide bonds. The lowest BCUT2D eigenvalue weighted by Gasteiger charge is -2.33. The molecule has 0 saturated heterocycles. The van der Waals surface area contributed by atoms with Crippen LogP contribution >= 0.6 is 21.6 Å². The molecular formula is C14H19N2OS2. The number of pyridine rings is 1. The highest BCUT2D eigenvalue weighted by Gasteiger charge is 2.45. The smallest absolute Gasteiger partial charge is 0.0664 e. The van der Waals surface area contributed by atoms with Crippen molar-refractivity contribution in [1.29, 1.82) is 0 Å². The third-order valence-electron chi connectivity index (χ3n) is 3.36. The molecule has 1 aromatic heterocycles. The first-order valence-electron chi connectivity index (χ1n) is 6.23. The van der Waals surface area contributed by atoms with Crippen molar-refractivity contribution in [2.75, 3.05) is 5.75 Å². The van der Waals surface area contributed by atoms with Gasteiger partial charge < -0.3 is 0 Å². The van der Waals surface area contributed by atoms with E-state index in [1.54, 1.807) is 34.0 Å². The Labute approximate surface area is 122 Å². The molecule has 3 nitrogen and oxygen atoms in total. The molecule has 0 spiro atoms. The van der Waals surface area contributed by atoms with Crippen molar-refractivity contribution in [3.8, 4) is 0 Å². The minimum atomic E-state index is -0.407. The zero-order chi connectivity index (χ0) is 14.1. The largest absolute Gasteiger partial charge is 0.265 e. The van der Waals surface area contributed by atoms with Gasteiger partial charge in [0.15, 0.2) is 0 Å². The Morgan fingerprint density at radius 1 is 1.21 bits per heavy atom. The Balaban J connectivity index is 1.97. The molecule has 0 bridgehead atoms. The lowest BCUT2D eigenvalue weighted by Crippen LogP contribution is -2.47. The van der Waals surface area contributed by atoms with E-state index in [4.69, 9.17) is 0 Å². The number of rotatable bonds is 4. The summed E-state index contributed by atoms with van der Waals surface area (Å²) >= 11 is 0. The summed E-state index contributed by atoms with van der Waals surface area (Å²) in [6.45, 7) is 7.93. The summed E-state index contributed by atoms with van der Waals surface area (Å²) in [6.07, 6.45) is 5.70. The van der Waals surface area contributed by atoms with Gasteiger partial charge in [0.05, 0.1) is 11.1 Å². The molecule has 0 atom stereocenters. The minimum Gasteiger partial charge on any atom is -0.265 e. The van der Waals surface area contributed by atoms with Crippen LogP contribution in [0.25, 0.3) is 0 Å². The molecule has 1 aromatic rings. The molecule has 2 heterocycles. The number of aromatic nitrogens is 1. The van der Waals surface area contributed by atoms with E-state index in [9.17, 15) is 5.21 Å². The quantitative estimate of drug-likeness (QED) is 0.622. The second-order valence-electron chi connectivity index (χ2n) is 5.71. The molecule has 2 rings (SSSR count). The lowest BCUT2D eigenvalue weighted by atomic mass is 9.98. The Morgan fingerprint density at radius 3 is 2.37 bits per heavy atom. The molecule has 1 aliphatic heterocycles. The van der Waals surface area contributed by atoms with E-state index in [0.29, 0.717) is 0 Å². The van der Waals surface area contributed by atoms with Gasteiger partial charge in [-0.1, -0.05) is 27.7 Å².